The largest absolute Gasteiger partial charge is 0.396 e. The van der Waals surface area contributed by atoms with Crippen LogP contribution in [0.3, 0.4) is 0 Å². The fourth-order valence-corrected chi connectivity index (χ4v) is 3.82. The van der Waals surface area contributed by atoms with E-state index < -0.39 is 0 Å². The average Bonchev–Trinajstić information content (AvgIpc) is 2.48. The van der Waals surface area contributed by atoms with E-state index in [0.717, 1.165) is 32.1 Å². The summed E-state index contributed by atoms with van der Waals surface area (Å²) in [5.41, 5.74) is 0. The van der Waals surface area contributed by atoms with Crippen LogP contribution in [0.4, 0.5) is 0 Å². The molecule has 2 saturated carbocycles. The Bertz CT molecular complexity index is 278. The molecule has 0 heterocycles. The van der Waals surface area contributed by atoms with Gasteiger partial charge in [-0.2, -0.15) is 0 Å². The van der Waals surface area contributed by atoms with Crippen LogP contribution in [0.5, 0.6) is 0 Å². The number of carbonyl (C=O) groups excluding carboxylic acids is 1. The first kappa shape index (κ1) is 14.8. The third-order valence-corrected chi connectivity index (χ3v) is 5.20. The molecule has 1 amide bonds. The van der Waals surface area contributed by atoms with Gasteiger partial charge in [0.05, 0.1) is 0 Å². The molecule has 0 aromatic rings. The highest BCUT2D eigenvalue weighted by Crippen LogP contribution is 2.31. The van der Waals surface area contributed by atoms with Crippen molar-refractivity contribution in [1.29, 1.82) is 0 Å². The van der Waals surface area contributed by atoms with E-state index in [1.54, 1.807) is 0 Å². The zero-order valence-electron chi connectivity index (χ0n) is 12.3. The van der Waals surface area contributed by atoms with Gasteiger partial charge in [-0.3, -0.25) is 4.79 Å². The molecule has 0 radical (unpaired) electrons. The minimum atomic E-state index is 0.300. The standard InChI is InChI=1S/C16H29NO2/c1-17(16(19)14-5-3-2-4-6-14)15-9-7-13(8-10-15)11-12-18/h13-15,18H,2-12H2,1H3. The van der Waals surface area contributed by atoms with Crippen molar-refractivity contribution in [2.24, 2.45) is 11.8 Å². The molecule has 2 aliphatic rings. The van der Waals surface area contributed by atoms with Crippen LogP contribution in [0, 0.1) is 11.8 Å². The number of rotatable bonds is 4. The lowest BCUT2D eigenvalue weighted by molar-refractivity contribution is -0.138. The van der Waals surface area contributed by atoms with Crippen molar-refractivity contribution in [3.8, 4) is 0 Å². The van der Waals surface area contributed by atoms with E-state index in [4.69, 9.17) is 5.11 Å². The number of aliphatic hydroxyl groups is 1. The monoisotopic (exact) mass is 267 g/mol. The second-order valence-electron chi connectivity index (χ2n) is 6.47. The molecule has 1 N–H and O–H groups in total. The second kappa shape index (κ2) is 7.28. The van der Waals surface area contributed by atoms with Crippen LogP contribution in [0.25, 0.3) is 0 Å². The Morgan fingerprint density at radius 1 is 1.05 bits per heavy atom. The van der Waals surface area contributed by atoms with Crippen molar-refractivity contribution in [2.45, 2.75) is 70.3 Å². The molecule has 0 spiro atoms. The highest BCUT2D eigenvalue weighted by atomic mass is 16.3. The zero-order chi connectivity index (χ0) is 13.7. The SMILES string of the molecule is CN(C(=O)C1CCCCC1)C1CCC(CCO)CC1. The fourth-order valence-electron chi connectivity index (χ4n) is 3.82. The highest BCUT2D eigenvalue weighted by Gasteiger charge is 2.30. The van der Waals surface area contributed by atoms with Crippen molar-refractivity contribution in [2.75, 3.05) is 13.7 Å². The maximum atomic E-state index is 12.5. The minimum absolute atomic E-state index is 0.300. The van der Waals surface area contributed by atoms with E-state index in [1.807, 2.05) is 11.9 Å². The van der Waals surface area contributed by atoms with Crippen molar-refractivity contribution >= 4 is 5.91 Å². The minimum Gasteiger partial charge on any atom is -0.396 e. The number of nitrogens with zero attached hydrogens (tertiary/aromatic N) is 1. The zero-order valence-corrected chi connectivity index (χ0v) is 12.3. The van der Waals surface area contributed by atoms with Gasteiger partial charge in [0.2, 0.25) is 5.91 Å². The van der Waals surface area contributed by atoms with Crippen LogP contribution >= 0.6 is 0 Å². The van der Waals surface area contributed by atoms with Crippen LogP contribution in [-0.4, -0.2) is 35.6 Å². The maximum absolute atomic E-state index is 12.5. The Morgan fingerprint density at radius 3 is 2.26 bits per heavy atom. The highest BCUT2D eigenvalue weighted by molar-refractivity contribution is 5.79. The Morgan fingerprint density at radius 2 is 1.68 bits per heavy atom. The lowest BCUT2D eigenvalue weighted by Gasteiger charge is -2.37. The fraction of sp³-hybridized carbons (Fsp3) is 0.938. The molecule has 0 bridgehead atoms. The number of amides is 1. The topological polar surface area (TPSA) is 40.5 Å². The van der Waals surface area contributed by atoms with Gasteiger partial charge in [-0.15, -0.1) is 0 Å². The summed E-state index contributed by atoms with van der Waals surface area (Å²) < 4.78 is 0. The number of hydrogen-bond donors (Lipinski definition) is 1. The van der Waals surface area contributed by atoms with Gasteiger partial charge in [-0.25, -0.2) is 0 Å². The number of carbonyl (C=O) groups is 1. The van der Waals surface area contributed by atoms with E-state index >= 15 is 0 Å². The summed E-state index contributed by atoms with van der Waals surface area (Å²) >= 11 is 0. The summed E-state index contributed by atoms with van der Waals surface area (Å²) in [4.78, 5) is 14.5. The van der Waals surface area contributed by atoms with Gasteiger partial charge in [-0.1, -0.05) is 19.3 Å². The van der Waals surface area contributed by atoms with Crippen LogP contribution in [0.15, 0.2) is 0 Å². The third kappa shape index (κ3) is 3.95. The van der Waals surface area contributed by atoms with Crippen molar-refractivity contribution < 1.29 is 9.90 Å². The lowest BCUT2D eigenvalue weighted by Crippen LogP contribution is -2.43. The summed E-state index contributed by atoms with van der Waals surface area (Å²) in [6.45, 7) is 0.312. The molecular formula is C16H29NO2. The molecule has 0 aromatic carbocycles. The van der Waals surface area contributed by atoms with Gasteiger partial charge in [0.25, 0.3) is 0 Å². The number of hydrogen-bond acceptors (Lipinski definition) is 2. The first-order chi connectivity index (χ1) is 9.22. The van der Waals surface area contributed by atoms with Crippen LogP contribution in [0.1, 0.15) is 64.2 Å². The second-order valence-corrected chi connectivity index (χ2v) is 6.47. The molecule has 3 heteroatoms. The Hall–Kier alpha value is -0.570. The first-order valence-electron chi connectivity index (χ1n) is 8.10. The molecule has 0 aliphatic heterocycles. The van der Waals surface area contributed by atoms with Gasteiger partial charge in [0.15, 0.2) is 0 Å². The van der Waals surface area contributed by atoms with E-state index in [2.05, 4.69) is 0 Å². The van der Waals surface area contributed by atoms with E-state index in [9.17, 15) is 4.79 Å². The van der Waals surface area contributed by atoms with E-state index in [-0.39, 0.29) is 0 Å². The number of aliphatic hydroxyl groups excluding tert-OH is 1. The quantitative estimate of drug-likeness (QED) is 0.850. The van der Waals surface area contributed by atoms with Gasteiger partial charge >= 0.3 is 0 Å². The molecule has 3 nitrogen and oxygen atoms in total. The molecule has 2 rings (SSSR count). The summed E-state index contributed by atoms with van der Waals surface area (Å²) in [5.74, 6) is 1.37. The van der Waals surface area contributed by atoms with Gasteiger partial charge in [0.1, 0.15) is 0 Å². The average molecular weight is 267 g/mol. The molecule has 0 saturated heterocycles. The molecule has 19 heavy (non-hydrogen) atoms. The predicted octanol–water partition coefficient (Wildman–Crippen LogP) is 2.97. The van der Waals surface area contributed by atoms with E-state index in [1.165, 1.54) is 32.1 Å². The van der Waals surface area contributed by atoms with E-state index in [0.29, 0.717) is 30.4 Å². The molecule has 2 aliphatic carbocycles. The summed E-state index contributed by atoms with van der Waals surface area (Å²) in [5, 5.41) is 8.99. The Balaban J connectivity index is 1.79. The summed E-state index contributed by atoms with van der Waals surface area (Å²) in [6.07, 6.45) is 11.5. The first-order valence-corrected chi connectivity index (χ1v) is 8.10. The maximum Gasteiger partial charge on any atom is 0.225 e. The summed E-state index contributed by atoms with van der Waals surface area (Å²) in [6, 6.07) is 0.448. The van der Waals surface area contributed by atoms with Crippen molar-refractivity contribution in [3.05, 3.63) is 0 Å². The third-order valence-electron chi connectivity index (χ3n) is 5.20. The molecule has 110 valence electrons. The Labute approximate surface area is 117 Å². The smallest absolute Gasteiger partial charge is 0.225 e. The van der Waals surface area contributed by atoms with Gasteiger partial charge in [0, 0.05) is 25.6 Å². The Kier molecular flexibility index (Phi) is 5.68. The van der Waals surface area contributed by atoms with Gasteiger partial charge in [-0.05, 0) is 50.9 Å². The van der Waals surface area contributed by atoms with Crippen LogP contribution in [-0.2, 0) is 4.79 Å². The predicted molar refractivity (Wildman–Crippen MR) is 76.8 cm³/mol. The summed E-state index contributed by atoms with van der Waals surface area (Å²) in [7, 11) is 2.01. The molecule has 2 fully saturated rings. The lowest BCUT2D eigenvalue weighted by atomic mass is 9.82. The van der Waals surface area contributed by atoms with Crippen LogP contribution < -0.4 is 0 Å². The van der Waals surface area contributed by atoms with Crippen molar-refractivity contribution in [1.82, 2.24) is 4.90 Å². The van der Waals surface area contributed by atoms with Gasteiger partial charge < -0.3 is 10.0 Å². The molecule has 0 aromatic heterocycles. The molecule has 0 unspecified atom stereocenters. The van der Waals surface area contributed by atoms with Crippen LogP contribution in [0.2, 0.25) is 0 Å². The van der Waals surface area contributed by atoms with Crippen molar-refractivity contribution in [3.63, 3.8) is 0 Å². The molecular weight excluding hydrogens is 238 g/mol. The normalized spacial score (nSPS) is 29.2. The molecule has 0 atom stereocenters.